The minimum atomic E-state index is -3.22. The quantitative estimate of drug-likeness (QED) is 0.716. The van der Waals surface area contributed by atoms with Gasteiger partial charge in [-0.25, -0.2) is 13.1 Å². The molecule has 0 aromatic rings. The number of hydrogen-bond acceptors (Lipinski definition) is 3. The van der Waals surface area contributed by atoms with Gasteiger partial charge in [-0.2, -0.15) is 11.8 Å². The van der Waals surface area contributed by atoms with Gasteiger partial charge in [-0.05, 0) is 19.1 Å². The number of hydrogen-bond donors (Lipinski definition) is 1. The molecule has 1 aliphatic carbocycles. The van der Waals surface area contributed by atoms with Gasteiger partial charge in [0.1, 0.15) is 5.21 Å². The van der Waals surface area contributed by atoms with E-state index in [1.807, 2.05) is 6.26 Å². The zero-order valence-electron chi connectivity index (χ0n) is 6.84. The summed E-state index contributed by atoms with van der Waals surface area (Å²) in [5.41, 5.74) is 0. The van der Waals surface area contributed by atoms with Crippen molar-refractivity contribution in [1.29, 1.82) is 0 Å². The summed E-state index contributed by atoms with van der Waals surface area (Å²) in [6, 6.07) is 0. The molecule has 72 valence electrons. The van der Waals surface area contributed by atoms with E-state index < -0.39 is 10.0 Å². The van der Waals surface area contributed by atoms with Crippen molar-refractivity contribution in [3.05, 3.63) is 0 Å². The van der Waals surface area contributed by atoms with E-state index in [1.54, 1.807) is 11.8 Å². The molecule has 0 unspecified atom stereocenters. The van der Waals surface area contributed by atoms with Crippen LogP contribution in [0.15, 0.2) is 0 Å². The highest BCUT2D eigenvalue weighted by atomic mass is 35.5. The molecule has 0 amide bonds. The number of thioether (sulfide) groups is 1. The van der Waals surface area contributed by atoms with Crippen molar-refractivity contribution in [3.63, 3.8) is 0 Å². The van der Waals surface area contributed by atoms with Gasteiger partial charge < -0.3 is 0 Å². The Balaban J connectivity index is 2.35. The van der Waals surface area contributed by atoms with Crippen LogP contribution in [0.3, 0.4) is 0 Å². The van der Waals surface area contributed by atoms with Crippen LogP contribution in [0.1, 0.15) is 12.8 Å². The van der Waals surface area contributed by atoms with Crippen LogP contribution in [-0.4, -0.2) is 31.2 Å². The lowest BCUT2D eigenvalue weighted by molar-refractivity contribution is 0.584. The Bertz CT molecular complexity index is 248. The highest BCUT2D eigenvalue weighted by molar-refractivity contribution is 8.00. The molecule has 0 bridgehead atoms. The molecule has 1 fully saturated rings. The zero-order valence-corrected chi connectivity index (χ0v) is 9.23. The highest BCUT2D eigenvalue weighted by Crippen LogP contribution is 2.46. The van der Waals surface area contributed by atoms with Crippen molar-refractivity contribution < 1.29 is 8.42 Å². The first kappa shape index (κ1) is 10.6. The average Bonchev–Trinajstić information content (AvgIpc) is 2.82. The van der Waals surface area contributed by atoms with Gasteiger partial charge in [0.15, 0.2) is 0 Å². The van der Waals surface area contributed by atoms with Gasteiger partial charge in [0, 0.05) is 11.3 Å². The molecule has 0 aliphatic heterocycles. The summed E-state index contributed by atoms with van der Waals surface area (Å²) >= 11 is 6.95. The van der Waals surface area contributed by atoms with E-state index in [1.165, 1.54) is 0 Å². The number of alkyl halides is 1. The third-order valence-electron chi connectivity index (χ3n) is 2.00. The summed E-state index contributed by atoms with van der Waals surface area (Å²) in [5, 5.41) is -0.350. The topological polar surface area (TPSA) is 46.2 Å². The maximum Gasteiger partial charge on any atom is 0.225 e. The van der Waals surface area contributed by atoms with Crippen LogP contribution in [0, 0.1) is 0 Å². The van der Waals surface area contributed by atoms with Crippen LogP contribution >= 0.6 is 23.4 Å². The Morgan fingerprint density at radius 1 is 1.58 bits per heavy atom. The first-order valence-electron chi connectivity index (χ1n) is 3.62. The summed E-state index contributed by atoms with van der Waals surface area (Å²) < 4.78 is 24.5. The van der Waals surface area contributed by atoms with E-state index in [0.29, 0.717) is 6.54 Å². The highest BCUT2D eigenvalue weighted by Gasteiger charge is 2.42. The normalized spacial score (nSPS) is 20.8. The van der Waals surface area contributed by atoms with Gasteiger partial charge >= 0.3 is 0 Å². The van der Waals surface area contributed by atoms with Crippen LogP contribution in [0.25, 0.3) is 0 Å². The van der Waals surface area contributed by atoms with Crippen molar-refractivity contribution in [1.82, 2.24) is 4.72 Å². The summed E-state index contributed by atoms with van der Waals surface area (Å²) in [6.45, 7) is 0.517. The minimum absolute atomic E-state index is 0.166. The monoisotopic (exact) mass is 229 g/mol. The van der Waals surface area contributed by atoms with E-state index >= 15 is 0 Å². The van der Waals surface area contributed by atoms with Crippen molar-refractivity contribution in [2.45, 2.75) is 17.6 Å². The standard InChI is InChI=1S/C6H12ClNO2S2/c1-11-6(2-3-6)4-8-12(9,10)5-7/h8H,2-5H2,1H3. The molecule has 12 heavy (non-hydrogen) atoms. The van der Waals surface area contributed by atoms with Crippen LogP contribution < -0.4 is 4.72 Å². The maximum atomic E-state index is 10.9. The van der Waals surface area contributed by atoms with Crippen LogP contribution in [0.4, 0.5) is 0 Å². The SMILES string of the molecule is CSC1(CNS(=O)(=O)CCl)CC1. The van der Waals surface area contributed by atoms with Crippen LogP contribution in [0.2, 0.25) is 0 Å². The molecule has 0 aromatic carbocycles. The second kappa shape index (κ2) is 3.74. The average molecular weight is 230 g/mol. The van der Waals surface area contributed by atoms with E-state index in [2.05, 4.69) is 4.72 Å². The van der Waals surface area contributed by atoms with Crippen molar-refractivity contribution in [2.24, 2.45) is 0 Å². The first-order valence-corrected chi connectivity index (χ1v) is 7.03. The summed E-state index contributed by atoms with van der Waals surface area (Å²) in [5.74, 6) is 0. The number of halogens is 1. The Morgan fingerprint density at radius 3 is 2.50 bits per heavy atom. The second-order valence-corrected chi connectivity index (χ2v) is 6.60. The molecule has 1 rings (SSSR count). The van der Waals surface area contributed by atoms with E-state index in [-0.39, 0.29) is 9.96 Å². The fourth-order valence-corrected chi connectivity index (χ4v) is 2.50. The molecule has 0 aromatic heterocycles. The third-order valence-corrected chi connectivity index (χ3v) is 5.15. The Morgan fingerprint density at radius 2 is 2.17 bits per heavy atom. The largest absolute Gasteiger partial charge is 0.225 e. The van der Waals surface area contributed by atoms with Crippen molar-refractivity contribution in [2.75, 3.05) is 18.0 Å². The Labute approximate surface area is 82.3 Å². The predicted molar refractivity (Wildman–Crippen MR) is 53.1 cm³/mol. The third kappa shape index (κ3) is 2.80. The van der Waals surface area contributed by atoms with Crippen molar-refractivity contribution >= 4 is 33.4 Å². The van der Waals surface area contributed by atoms with E-state index in [4.69, 9.17) is 11.6 Å². The molecule has 6 heteroatoms. The van der Waals surface area contributed by atoms with Gasteiger partial charge in [-0.15, -0.1) is 11.6 Å². The Hall–Kier alpha value is 0.550. The van der Waals surface area contributed by atoms with Gasteiger partial charge in [-0.1, -0.05) is 0 Å². The number of nitrogens with one attached hydrogen (secondary N) is 1. The molecular formula is C6H12ClNO2S2. The fraction of sp³-hybridized carbons (Fsp3) is 1.00. The van der Waals surface area contributed by atoms with Gasteiger partial charge in [0.05, 0.1) is 0 Å². The summed E-state index contributed by atoms with van der Waals surface area (Å²) in [7, 11) is -3.22. The maximum absolute atomic E-state index is 10.9. The summed E-state index contributed by atoms with van der Waals surface area (Å²) in [6.07, 6.45) is 4.19. The first-order chi connectivity index (χ1) is 5.54. The fourth-order valence-electron chi connectivity index (χ4n) is 0.873. The van der Waals surface area contributed by atoms with E-state index in [0.717, 1.165) is 12.8 Å². The second-order valence-electron chi connectivity index (χ2n) is 2.93. The lowest BCUT2D eigenvalue weighted by Gasteiger charge is -2.11. The smallest absolute Gasteiger partial charge is 0.213 e. The predicted octanol–water partition coefficient (Wildman–Crippen LogP) is 0.998. The van der Waals surface area contributed by atoms with Crippen LogP contribution in [-0.2, 0) is 10.0 Å². The molecule has 1 N–H and O–H groups in total. The molecule has 0 saturated heterocycles. The molecule has 0 radical (unpaired) electrons. The molecule has 1 aliphatic rings. The lowest BCUT2D eigenvalue weighted by atomic mass is 10.4. The van der Waals surface area contributed by atoms with Gasteiger partial charge in [0.25, 0.3) is 0 Å². The van der Waals surface area contributed by atoms with Gasteiger partial charge in [-0.3, -0.25) is 0 Å². The molecule has 0 heterocycles. The molecule has 0 atom stereocenters. The van der Waals surface area contributed by atoms with E-state index in [9.17, 15) is 8.42 Å². The minimum Gasteiger partial charge on any atom is -0.213 e. The molecule has 1 saturated carbocycles. The van der Waals surface area contributed by atoms with Crippen molar-refractivity contribution in [3.8, 4) is 0 Å². The lowest BCUT2D eigenvalue weighted by Crippen LogP contribution is -2.32. The molecule has 0 spiro atoms. The van der Waals surface area contributed by atoms with Crippen LogP contribution in [0.5, 0.6) is 0 Å². The number of rotatable bonds is 5. The molecule has 3 nitrogen and oxygen atoms in total. The number of sulfonamides is 1. The van der Waals surface area contributed by atoms with Gasteiger partial charge in [0.2, 0.25) is 10.0 Å². The zero-order chi connectivity index (χ0) is 9.24. The molecular weight excluding hydrogens is 218 g/mol. The summed E-state index contributed by atoms with van der Waals surface area (Å²) in [4.78, 5) is 0. The Kier molecular flexibility index (Phi) is 3.31.